The summed E-state index contributed by atoms with van der Waals surface area (Å²) < 4.78 is 2.40. The van der Waals surface area contributed by atoms with Gasteiger partial charge in [0.05, 0.1) is 6.54 Å². The Morgan fingerprint density at radius 2 is 1.76 bits per heavy atom. The number of carbonyl (C=O) groups excluding carboxylic acids is 1. The first-order valence-corrected chi connectivity index (χ1v) is 10.3. The monoisotopic (exact) mass is 384 g/mol. The number of hydrogen-bond donors (Lipinski definition) is 0. The Morgan fingerprint density at radius 1 is 1.03 bits per heavy atom. The number of benzene rings is 2. The van der Waals surface area contributed by atoms with Crippen LogP contribution >= 0.6 is 0 Å². The number of para-hydroxylation sites is 1. The molecule has 0 N–H and O–H groups in total. The minimum absolute atomic E-state index is 0.101. The van der Waals surface area contributed by atoms with E-state index in [-0.39, 0.29) is 5.91 Å². The van der Waals surface area contributed by atoms with E-state index < -0.39 is 0 Å². The highest BCUT2D eigenvalue weighted by Gasteiger charge is 2.30. The van der Waals surface area contributed by atoms with Crippen LogP contribution in [0.1, 0.15) is 42.4 Å². The quantitative estimate of drug-likeness (QED) is 0.499. The molecular formula is C26H28N2O. The van der Waals surface area contributed by atoms with Crippen molar-refractivity contribution in [2.24, 2.45) is 5.92 Å². The zero-order chi connectivity index (χ0) is 20.4. The first-order valence-electron chi connectivity index (χ1n) is 10.3. The lowest BCUT2D eigenvalue weighted by molar-refractivity contribution is 0.0749. The lowest BCUT2D eigenvalue weighted by Gasteiger charge is -2.18. The predicted octanol–water partition coefficient (Wildman–Crippen LogP) is 5.96. The van der Waals surface area contributed by atoms with Crippen LogP contribution in [0.15, 0.2) is 78.4 Å². The Balaban J connectivity index is 1.72. The van der Waals surface area contributed by atoms with Gasteiger partial charge in [-0.25, -0.2) is 0 Å². The highest BCUT2D eigenvalue weighted by molar-refractivity contribution is 5.95. The van der Waals surface area contributed by atoms with Crippen LogP contribution in [-0.4, -0.2) is 15.4 Å². The molecule has 0 fully saturated rings. The fourth-order valence-corrected chi connectivity index (χ4v) is 4.29. The van der Waals surface area contributed by atoms with E-state index in [1.54, 1.807) is 0 Å². The number of carbonyl (C=O) groups is 1. The first-order chi connectivity index (χ1) is 14.1. The van der Waals surface area contributed by atoms with Crippen LogP contribution in [0.3, 0.4) is 0 Å². The van der Waals surface area contributed by atoms with Crippen molar-refractivity contribution in [2.45, 2.75) is 40.4 Å². The summed E-state index contributed by atoms with van der Waals surface area (Å²) in [5.74, 6) is 0.594. The van der Waals surface area contributed by atoms with Gasteiger partial charge in [0, 0.05) is 40.8 Å². The lowest BCUT2D eigenvalue weighted by Crippen LogP contribution is -2.26. The van der Waals surface area contributed by atoms with Crippen LogP contribution in [-0.2, 0) is 19.6 Å². The maximum atomic E-state index is 13.0. The number of nitrogens with zero attached hydrogens (tertiary/aromatic N) is 2. The molecule has 0 saturated carbocycles. The van der Waals surface area contributed by atoms with E-state index in [1.165, 1.54) is 27.7 Å². The molecule has 0 saturated heterocycles. The minimum atomic E-state index is 0.101. The van der Waals surface area contributed by atoms with Gasteiger partial charge in [-0.2, -0.15) is 0 Å². The van der Waals surface area contributed by atoms with Gasteiger partial charge in [-0.05, 0) is 36.6 Å². The van der Waals surface area contributed by atoms with Crippen LogP contribution in [0.5, 0.6) is 0 Å². The highest BCUT2D eigenvalue weighted by atomic mass is 16.2. The zero-order valence-electron chi connectivity index (χ0n) is 17.4. The summed E-state index contributed by atoms with van der Waals surface area (Å²) in [4.78, 5) is 15.0. The lowest BCUT2D eigenvalue weighted by atomic mass is 10.1. The zero-order valence-corrected chi connectivity index (χ0v) is 17.4. The van der Waals surface area contributed by atoms with E-state index in [1.807, 2.05) is 35.2 Å². The summed E-state index contributed by atoms with van der Waals surface area (Å²) in [6.45, 7) is 8.63. The number of aromatic nitrogens is 1. The fraction of sp³-hybridized carbons (Fsp3) is 0.269. The van der Waals surface area contributed by atoms with Gasteiger partial charge in [0.2, 0.25) is 0 Å². The molecule has 29 heavy (non-hydrogen) atoms. The second-order valence-electron chi connectivity index (χ2n) is 8.04. The van der Waals surface area contributed by atoms with Gasteiger partial charge in [0.1, 0.15) is 0 Å². The maximum absolute atomic E-state index is 13.0. The average molecular weight is 385 g/mol. The summed E-state index contributed by atoms with van der Waals surface area (Å²) in [7, 11) is 0. The third kappa shape index (κ3) is 3.77. The highest BCUT2D eigenvalue weighted by Crippen LogP contribution is 2.34. The van der Waals surface area contributed by atoms with Gasteiger partial charge in [0.25, 0.3) is 5.91 Å². The fourth-order valence-electron chi connectivity index (χ4n) is 4.29. The Bertz CT molecular complexity index is 1090. The van der Waals surface area contributed by atoms with Crippen molar-refractivity contribution in [1.29, 1.82) is 0 Å². The third-order valence-corrected chi connectivity index (χ3v) is 5.46. The molecule has 148 valence electrons. The average Bonchev–Trinajstić information content (AvgIpc) is 3.27. The van der Waals surface area contributed by atoms with Gasteiger partial charge in [-0.15, -0.1) is 0 Å². The summed E-state index contributed by atoms with van der Waals surface area (Å²) in [6, 6.07) is 18.1. The van der Waals surface area contributed by atoms with Crippen molar-refractivity contribution in [2.75, 3.05) is 0 Å². The van der Waals surface area contributed by atoms with Gasteiger partial charge < -0.3 is 9.47 Å². The van der Waals surface area contributed by atoms with Crippen molar-refractivity contribution in [3.05, 3.63) is 95.2 Å². The number of amides is 1. The Kier molecular flexibility index (Phi) is 5.39. The summed E-state index contributed by atoms with van der Waals surface area (Å²) >= 11 is 0. The number of fused-ring (bicyclic) bond motifs is 3. The maximum Gasteiger partial charge on any atom is 0.254 e. The molecule has 2 aromatic carbocycles. The van der Waals surface area contributed by atoms with Crippen molar-refractivity contribution in [3.8, 4) is 0 Å². The number of hydrogen-bond acceptors (Lipinski definition) is 1. The van der Waals surface area contributed by atoms with E-state index in [0.29, 0.717) is 19.0 Å². The molecule has 4 rings (SSSR count). The van der Waals surface area contributed by atoms with Crippen LogP contribution < -0.4 is 0 Å². The van der Waals surface area contributed by atoms with E-state index in [9.17, 15) is 4.79 Å². The molecule has 1 aliphatic heterocycles. The SMILES string of the molecule is C/C=C\C(=C/C(C)C)Cn1c2c(c3ccccc31)CN(C(=O)c1ccccc1)C2. The molecule has 3 aromatic rings. The Hall–Kier alpha value is -3.07. The van der Waals surface area contributed by atoms with E-state index >= 15 is 0 Å². The van der Waals surface area contributed by atoms with Gasteiger partial charge in [-0.1, -0.05) is 68.5 Å². The van der Waals surface area contributed by atoms with E-state index in [4.69, 9.17) is 0 Å². The van der Waals surface area contributed by atoms with Crippen LogP contribution in [0.25, 0.3) is 10.9 Å². The second kappa shape index (κ2) is 8.12. The largest absolute Gasteiger partial charge is 0.338 e. The molecule has 2 heterocycles. The molecule has 3 heteroatoms. The Labute approximate surface area is 173 Å². The van der Waals surface area contributed by atoms with E-state index in [0.717, 1.165) is 12.1 Å². The molecule has 1 amide bonds. The number of allylic oxidation sites excluding steroid dienone is 4. The summed E-state index contributed by atoms with van der Waals surface area (Å²) in [5, 5.41) is 1.26. The summed E-state index contributed by atoms with van der Waals surface area (Å²) in [6.07, 6.45) is 6.62. The molecule has 0 unspecified atom stereocenters. The normalized spacial score (nSPS) is 14.3. The molecule has 0 bridgehead atoms. The van der Waals surface area contributed by atoms with Crippen LogP contribution in [0.2, 0.25) is 0 Å². The molecule has 1 aliphatic rings. The molecule has 0 atom stereocenters. The van der Waals surface area contributed by atoms with Crippen molar-refractivity contribution < 1.29 is 4.79 Å². The van der Waals surface area contributed by atoms with Crippen LogP contribution in [0.4, 0.5) is 0 Å². The van der Waals surface area contributed by atoms with Crippen molar-refractivity contribution in [3.63, 3.8) is 0 Å². The van der Waals surface area contributed by atoms with Gasteiger partial charge >= 0.3 is 0 Å². The molecule has 0 radical (unpaired) electrons. The Morgan fingerprint density at radius 3 is 2.48 bits per heavy atom. The third-order valence-electron chi connectivity index (χ3n) is 5.46. The molecule has 1 aromatic heterocycles. The minimum Gasteiger partial charge on any atom is -0.338 e. The molecule has 3 nitrogen and oxygen atoms in total. The van der Waals surface area contributed by atoms with Crippen LogP contribution in [0, 0.1) is 5.92 Å². The topological polar surface area (TPSA) is 25.2 Å². The summed E-state index contributed by atoms with van der Waals surface area (Å²) in [5.41, 5.74) is 5.86. The smallest absolute Gasteiger partial charge is 0.254 e. The predicted molar refractivity (Wildman–Crippen MR) is 120 cm³/mol. The van der Waals surface area contributed by atoms with Gasteiger partial charge in [-0.3, -0.25) is 4.79 Å². The standard InChI is InChI=1S/C26H28N2O/c1-4-10-20(15-19(2)3)16-28-24-14-9-8-13-22(24)23-17-27(18-25(23)28)26(29)21-11-6-5-7-12-21/h4-15,19H,16-18H2,1-3H3/b10-4-,20-15+. The molecular weight excluding hydrogens is 356 g/mol. The van der Waals surface area contributed by atoms with Crippen molar-refractivity contribution >= 4 is 16.8 Å². The first kappa shape index (κ1) is 19.3. The second-order valence-corrected chi connectivity index (χ2v) is 8.04. The van der Waals surface area contributed by atoms with E-state index in [2.05, 4.69) is 67.8 Å². The van der Waals surface area contributed by atoms with Gasteiger partial charge in [0.15, 0.2) is 0 Å². The molecule has 0 aliphatic carbocycles. The van der Waals surface area contributed by atoms with Crippen molar-refractivity contribution in [1.82, 2.24) is 9.47 Å². The number of rotatable bonds is 5. The molecule has 0 spiro atoms.